The van der Waals surface area contributed by atoms with E-state index in [9.17, 15) is 0 Å². The van der Waals surface area contributed by atoms with Crippen LogP contribution in [0, 0.1) is 0 Å². The fourth-order valence-electron chi connectivity index (χ4n) is 9.24. The SMILES string of the molecule is c1ccc(-n2c3ccccc3c3ccc(-c4ccc5c6ccc(-c7ccc8c9ccccc9n(-c9ccccc9)c8c7)cc6n(-c6ccccc6)c5c4)cc32)cc1. The molecule has 3 nitrogen and oxygen atoms in total. The molecule has 3 aromatic heterocycles. The maximum Gasteiger partial charge on any atom is 0.0547 e. The van der Waals surface area contributed by atoms with E-state index in [1.165, 1.54) is 87.7 Å². The molecule has 0 aliphatic heterocycles. The van der Waals surface area contributed by atoms with Gasteiger partial charge in [-0.05, 0) is 95.1 Å². The van der Waals surface area contributed by atoms with Crippen molar-refractivity contribution in [3.05, 3.63) is 212 Å². The van der Waals surface area contributed by atoms with Gasteiger partial charge in [-0.2, -0.15) is 0 Å². The van der Waals surface area contributed by atoms with Gasteiger partial charge in [0.1, 0.15) is 0 Å². The molecule has 0 aliphatic rings. The Kier molecular flexibility index (Phi) is 6.93. The molecule has 0 saturated heterocycles. The number of benzene rings is 9. The first kappa shape index (κ1) is 31.7. The Balaban J connectivity index is 1.06. The second kappa shape index (κ2) is 12.5. The Bertz CT molecular complexity index is 3280. The quantitative estimate of drug-likeness (QED) is 0.168. The van der Waals surface area contributed by atoms with Crippen LogP contribution in [0.3, 0.4) is 0 Å². The van der Waals surface area contributed by atoms with E-state index in [1.807, 2.05) is 0 Å². The van der Waals surface area contributed by atoms with Gasteiger partial charge in [-0.15, -0.1) is 0 Å². The predicted molar refractivity (Wildman–Crippen MR) is 240 cm³/mol. The number of para-hydroxylation sites is 5. The molecule has 266 valence electrons. The molecule has 0 aliphatic carbocycles. The molecule has 0 radical (unpaired) electrons. The third kappa shape index (κ3) is 4.86. The molecule has 0 saturated carbocycles. The lowest BCUT2D eigenvalue weighted by Crippen LogP contribution is -1.94. The van der Waals surface area contributed by atoms with Gasteiger partial charge < -0.3 is 13.7 Å². The molecule has 3 heterocycles. The molecule has 57 heavy (non-hydrogen) atoms. The van der Waals surface area contributed by atoms with Crippen molar-refractivity contribution in [3.63, 3.8) is 0 Å². The second-order valence-electron chi connectivity index (χ2n) is 15.0. The Hall–Kier alpha value is -7.62. The average Bonchev–Trinajstić information content (AvgIpc) is 3.91. The number of aromatic nitrogens is 3. The van der Waals surface area contributed by atoms with E-state index in [2.05, 4.69) is 226 Å². The monoisotopic (exact) mass is 725 g/mol. The minimum absolute atomic E-state index is 1.14. The first-order valence-corrected chi connectivity index (χ1v) is 19.6. The molecular weight excluding hydrogens is 691 g/mol. The zero-order chi connectivity index (χ0) is 37.5. The summed E-state index contributed by atoms with van der Waals surface area (Å²) in [5, 5.41) is 7.52. The first-order valence-electron chi connectivity index (χ1n) is 19.6. The lowest BCUT2D eigenvalue weighted by molar-refractivity contribution is 1.18. The largest absolute Gasteiger partial charge is 0.309 e. The van der Waals surface area contributed by atoms with Crippen LogP contribution in [0.2, 0.25) is 0 Å². The van der Waals surface area contributed by atoms with Crippen LogP contribution in [0.4, 0.5) is 0 Å². The number of nitrogens with zero attached hydrogens (tertiary/aromatic N) is 3. The van der Waals surface area contributed by atoms with Crippen molar-refractivity contribution in [1.82, 2.24) is 13.7 Å². The van der Waals surface area contributed by atoms with Crippen LogP contribution in [-0.4, -0.2) is 13.7 Å². The van der Waals surface area contributed by atoms with Crippen molar-refractivity contribution in [2.75, 3.05) is 0 Å². The fourth-order valence-corrected chi connectivity index (χ4v) is 9.24. The molecule has 12 aromatic rings. The molecule has 0 N–H and O–H groups in total. The number of hydrogen-bond donors (Lipinski definition) is 0. The highest BCUT2D eigenvalue weighted by Crippen LogP contribution is 2.40. The summed E-state index contributed by atoms with van der Waals surface area (Å²) in [5.41, 5.74) is 15.5. The smallest absolute Gasteiger partial charge is 0.0547 e. The van der Waals surface area contributed by atoms with Crippen LogP contribution in [0.1, 0.15) is 0 Å². The molecule has 9 aromatic carbocycles. The van der Waals surface area contributed by atoms with E-state index in [4.69, 9.17) is 0 Å². The van der Waals surface area contributed by atoms with Gasteiger partial charge in [0.2, 0.25) is 0 Å². The van der Waals surface area contributed by atoms with Gasteiger partial charge in [0, 0.05) is 49.4 Å². The average molecular weight is 726 g/mol. The van der Waals surface area contributed by atoms with Crippen molar-refractivity contribution in [3.8, 4) is 39.3 Å². The van der Waals surface area contributed by atoms with E-state index >= 15 is 0 Å². The minimum Gasteiger partial charge on any atom is -0.309 e. The zero-order valence-corrected chi connectivity index (χ0v) is 31.0. The second-order valence-corrected chi connectivity index (χ2v) is 15.0. The van der Waals surface area contributed by atoms with Crippen molar-refractivity contribution < 1.29 is 0 Å². The summed E-state index contributed by atoms with van der Waals surface area (Å²) in [5.74, 6) is 0. The molecule has 0 spiro atoms. The maximum atomic E-state index is 2.44. The summed E-state index contributed by atoms with van der Waals surface area (Å²) in [4.78, 5) is 0. The summed E-state index contributed by atoms with van der Waals surface area (Å²) in [6.45, 7) is 0. The van der Waals surface area contributed by atoms with E-state index in [1.54, 1.807) is 0 Å². The number of rotatable bonds is 5. The van der Waals surface area contributed by atoms with Gasteiger partial charge in [0.05, 0.1) is 33.1 Å². The van der Waals surface area contributed by atoms with Crippen LogP contribution in [0.25, 0.3) is 105 Å². The molecule has 0 fully saturated rings. The molecule has 12 rings (SSSR count). The first-order chi connectivity index (χ1) is 28.3. The van der Waals surface area contributed by atoms with E-state index in [0.717, 1.165) is 17.1 Å². The Morgan fingerprint density at radius 2 is 0.439 bits per heavy atom. The van der Waals surface area contributed by atoms with E-state index in [-0.39, 0.29) is 0 Å². The zero-order valence-electron chi connectivity index (χ0n) is 31.0. The molecule has 3 heteroatoms. The molecule has 0 unspecified atom stereocenters. The Morgan fingerprint density at radius 1 is 0.193 bits per heavy atom. The third-order valence-corrected chi connectivity index (χ3v) is 11.8. The summed E-state index contributed by atoms with van der Waals surface area (Å²) in [6.07, 6.45) is 0. The van der Waals surface area contributed by atoms with Crippen molar-refractivity contribution in [2.45, 2.75) is 0 Å². The van der Waals surface area contributed by atoms with Crippen molar-refractivity contribution in [2.24, 2.45) is 0 Å². The number of hydrogen-bond acceptors (Lipinski definition) is 0. The third-order valence-electron chi connectivity index (χ3n) is 11.8. The van der Waals surface area contributed by atoms with E-state index in [0.29, 0.717) is 0 Å². The normalized spacial score (nSPS) is 11.9. The van der Waals surface area contributed by atoms with Gasteiger partial charge in [-0.3, -0.25) is 0 Å². The van der Waals surface area contributed by atoms with Crippen LogP contribution >= 0.6 is 0 Å². The summed E-state index contributed by atoms with van der Waals surface area (Å²) >= 11 is 0. The molecule has 0 amide bonds. The van der Waals surface area contributed by atoms with Crippen LogP contribution in [-0.2, 0) is 0 Å². The van der Waals surface area contributed by atoms with Gasteiger partial charge in [0.25, 0.3) is 0 Å². The lowest BCUT2D eigenvalue weighted by Gasteiger charge is -2.11. The molecule has 0 atom stereocenters. The highest BCUT2D eigenvalue weighted by atomic mass is 15.0. The Morgan fingerprint density at radius 3 is 0.754 bits per heavy atom. The lowest BCUT2D eigenvalue weighted by atomic mass is 10.00. The van der Waals surface area contributed by atoms with Crippen molar-refractivity contribution >= 4 is 65.4 Å². The van der Waals surface area contributed by atoms with Gasteiger partial charge >= 0.3 is 0 Å². The van der Waals surface area contributed by atoms with Crippen molar-refractivity contribution in [1.29, 1.82) is 0 Å². The fraction of sp³-hybridized carbons (Fsp3) is 0. The maximum absolute atomic E-state index is 2.44. The van der Waals surface area contributed by atoms with Crippen LogP contribution in [0.15, 0.2) is 212 Å². The standard InChI is InChI=1S/C54H35N3/c1-4-14-40(15-5-1)55-49-22-12-10-20-43(49)45-28-24-36(32-51(45)55)38-26-30-47-48-31-27-39(35-54(48)57(53(47)34-38)42-18-8-3-9-19-42)37-25-29-46-44-21-11-13-23-50(44)56(52(46)33-37)41-16-6-2-7-17-41/h1-35H. The Labute approximate surface area is 329 Å². The number of fused-ring (bicyclic) bond motifs is 9. The summed E-state index contributed by atoms with van der Waals surface area (Å²) in [6, 6.07) is 77.5. The minimum atomic E-state index is 1.14. The van der Waals surface area contributed by atoms with Gasteiger partial charge in [-0.25, -0.2) is 0 Å². The highest BCUT2D eigenvalue weighted by molar-refractivity contribution is 6.14. The van der Waals surface area contributed by atoms with Gasteiger partial charge in [0.15, 0.2) is 0 Å². The molecule has 0 bridgehead atoms. The van der Waals surface area contributed by atoms with Gasteiger partial charge in [-0.1, -0.05) is 140 Å². The van der Waals surface area contributed by atoms with Crippen LogP contribution in [0.5, 0.6) is 0 Å². The van der Waals surface area contributed by atoms with Crippen LogP contribution < -0.4 is 0 Å². The molecular formula is C54H35N3. The van der Waals surface area contributed by atoms with E-state index < -0.39 is 0 Å². The topological polar surface area (TPSA) is 14.8 Å². The summed E-state index contributed by atoms with van der Waals surface area (Å²) in [7, 11) is 0. The highest BCUT2D eigenvalue weighted by Gasteiger charge is 2.18. The predicted octanol–water partition coefficient (Wildman–Crippen LogP) is 14.3. The summed E-state index contributed by atoms with van der Waals surface area (Å²) < 4.78 is 7.23.